The van der Waals surface area contributed by atoms with Gasteiger partial charge in [0, 0.05) is 11.1 Å². The second-order valence-electron chi connectivity index (χ2n) is 3.73. The van der Waals surface area contributed by atoms with E-state index in [2.05, 4.69) is 17.5 Å². The van der Waals surface area contributed by atoms with Crippen LogP contribution >= 0.6 is 23.2 Å². The first-order chi connectivity index (χ1) is 7.25. The second-order valence-corrected chi connectivity index (χ2v) is 4.58. The second kappa shape index (κ2) is 4.91. The van der Waals surface area contributed by atoms with Crippen LogP contribution in [0.3, 0.4) is 0 Å². The molecule has 3 heteroatoms. The zero-order valence-electron chi connectivity index (χ0n) is 8.34. The Hall–Kier alpha value is -0.660. The maximum Gasteiger partial charge on any atom is 0.0652 e. The summed E-state index contributed by atoms with van der Waals surface area (Å²) >= 11 is 11.9. The lowest BCUT2D eigenvalue weighted by Gasteiger charge is -2.19. The smallest absolute Gasteiger partial charge is 0.0652 e. The Labute approximate surface area is 100 Å². The monoisotopic (exact) mass is 241 g/mol. The summed E-state index contributed by atoms with van der Waals surface area (Å²) in [6.07, 6.45) is 8.00. The number of hydrogen-bond acceptors (Lipinski definition) is 1. The van der Waals surface area contributed by atoms with E-state index in [1.165, 1.54) is 12.8 Å². The summed E-state index contributed by atoms with van der Waals surface area (Å²) in [6.45, 7) is 0. The third-order valence-corrected chi connectivity index (χ3v) is 3.07. The van der Waals surface area contributed by atoms with Crippen LogP contribution in [0.25, 0.3) is 0 Å². The van der Waals surface area contributed by atoms with Crippen molar-refractivity contribution in [2.45, 2.75) is 25.3 Å². The summed E-state index contributed by atoms with van der Waals surface area (Å²) in [5, 5.41) is 4.75. The summed E-state index contributed by atoms with van der Waals surface area (Å²) in [6, 6.07) is 5.94. The van der Waals surface area contributed by atoms with Crippen molar-refractivity contribution >= 4 is 28.9 Å². The molecule has 1 aromatic carbocycles. The van der Waals surface area contributed by atoms with E-state index >= 15 is 0 Å². The molecule has 0 fully saturated rings. The first-order valence-electron chi connectivity index (χ1n) is 5.14. The minimum Gasteiger partial charge on any atom is -0.378 e. The van der Waals surface area contributed by atoms with Crippen LogP contribution < -0.4 is 5.32 Å². The zero-order chi connectivity index (χ0) is 10.7. The number of benzene rings is 1. The van der Waals surface area contributed by atoms with Crippen LogP contribution in [-0.4, -0.2) is 6.04 Å². The van der Waals surface area contributed by atoms with Gasteiger partial charge in [-0.1, -0.05) is 35.4 Å². The molecule has 1 unspecified atom stereocenters. The number of nitrogens with one attached hydrogen (secondary N) is 1. The maximum atomic E-state index is 6.08. The van der Waals surface area contributed by atoms with Crippen molar-refractivity contribution in [3.8, 4) is 0 Å². The van der Waals surface area contributed by atoms with Gasteiger partial charge in [0.15, 0.2) is 0 Å². The number of allylic oxidation sites excluding steroid dienone is 1. The molecule has 80 valence electrons. The molecule has 1 aromatic rings. The highest BCUT2D eigenvalue weighted by atomic mass is 35.5. The number of anilines is 1. The fourth-order valence-electron chi connectivity index (χ4n) is 1.74. The van der Waals surface area contributed by atoms with Crippen molar-refractivity contribution in [2.75, 3.05) is 5.32 Å². The van der Waals surface area contributed by atoms with Crippen LogP contribution in [0.4, 0.5) is 5.69 Å². The molecule has 0 saturated carbocycles. The maximum absolute atomic E-state index is 6.08. The molecule has 0 aromatic heterocycles. The Morgan fingerprint density at radius 2 is 2.13 bits per heavy atom. The van der Waals surface area contributed by atoms with Gasteiger partial charge in [0.25, 0.3) is 0 Å². The van der Waals surface area contributed by atoms with Gasteiger partial charge in [-0.05, 0) is 37.5 Å². The number of rotatable bonds is 2. The van der Waals surface area contributed by atoms with E-state index in [4.69, 9.17) is 23.2 Å². The van der Waals surface area contributed by atoms with Gasteiger partial charge >= 0.3 is 0 Å². The lowest BCUT2D eigenvalue weighted by atomic mass is 10.0. The van der Waals surface area contributed by atoms with Crippen LogP contribution in [0.5, 0.6) is 0 Å². The summed E-state index contributed by atoms with van der Waals surface area (Å²) < 4.78 is 0. The van der Waals surface area contributed by atoms with Gasteiger partial charge in [-0.15, -0.1) is 0 Å². The summed E-state index contributed by atoms with van der Waals surface area (Å²) in [5.74, 6) is 0. The van der Waals surface area contributed by atoms with E-state index in [1.54, 1.807) is 6.07 Å². The number of hydrogen-bond donors (Lipinski definition) is 1. The molecule has 0 aliphatic heterocycles. The van der Waals surface area contributed by atoms with Crippen molar-refractivity contribution in [3.63, 3.8) is 0 Å². The predicted molar refractivity (Wildman–Crippen MR) is 66.9 cm³/mol. The molecular weight excluding hydrogens is 229 g/mol. The molecule has 0 amide bonds. The topological polar surface area (TPSA) is 12.0 Å². The average molecular weight is 242 g/mol. The van der Waals surface area contributed by atoms with Crippen LogP contribution in [-0.2, 0) is 0 Å². The molecule has 1 atom stereocenters. The number of halogens is 2. The summed E-state index contributed by atoms with van der Waals surface area (Å²) in [5.41, 5.74) is 0.956. The molecule has 0 saturated heterocycles. The Bertz CT molecular complexity index is 374. The fourth-order valence-corrected chi connectivity index (χ4v) is 2.20. The highest BCUT2D eigenvalue weighted by Gasteiger charge is 2.09. The third-order valence-electron chi connectivity index (χ3n) is 2.53. The summed E-state index contributed by atoms with van der Waals surface area (Å²) in [4.78, 5) is 0. The van der Waals surface area contributed by atoms with E-state index in [9.17, 15) is 0 Å². The molecule has 2 rings (SSSR count). The first-order valence-corrected chi connectivity index (χ1v) is 5.89. The van der Waals surface area contributed by atoms with Gasteiger partial charge in [-0.2, -0.15) is 0 Å². The van der Waals surface area contributed by atoms with Crippen LogP contribution in [0.2, 0.25) is 10.0 Å². The van der Waals surface area contributed by atoms with E-state index in [0.29, 0.717) is 16.1 Å². The molecule has 0 spiro atoms. The molecule has 1 aliphatic carbocycles. The minimum absolute atomic E-state index is 0.400. The Morgan fingerprint density at radius 3 is 2.80 bits per heavy atom. The minimum atomic E-state index is 0.400. The standard InChI is InChI=1S/C12H13Cl2N/c13-9-6-7-12(11(14)8-9)15-10-4-2-1-3-5-10/h2,4,6-8,10,15H,1,3,5H2. The van der Waals surface area contributed by atoms with Gasteiger partial charge in [0.05, 0.1) is 10.7 Å². The lowest BCUT2D eigenvalue weighted by Crippen LogP contribution is -2.18. The van der Waals surface area contributed by atoms with E-state index in [0.717, 1.165) is 12.1 Å². The predicted octanol–water partition coefficient (Wildman–Crippen LogP) is 4.51. The van der Waals surface area contributed by atoms with Crippen molar-refractivity contribution in [1.82, 2.24) is 0 Å². The van der Waals surface area contributed by atoms with Gasteiger partial charge in [-0.3, -0.25) is 0 Å². The van der Waals surface area contributed by atoms with Crippen LogP contribution in [0.15, 0.2) is 30.4 Å². The SMILES string of the molecule is Clc1ccc(NC2C=CCCC2)c(Cl)c1. The van der Waals surface area contributed by atoms with E-state index in [1.807, 2.05) is 12.1 Å². The average Bonchev–Trinajstić information content (AvgIpc) is 2.24. The van der Waals surface area contributed by atoms with E-state index < -0.39 is 0 Å². The Balaban J connectivity index is 2.09. The van der Waals surface area contributed by atoms with Crippen LogP contribution in [0, 0.1) is 0 Å². The fraction of sp³-hybridized carbons (Fsp3) is 0.333. The molecule has 15 heavy (non-hydrogen) atoms. The highest BCUT2D eigenvalue weighted by molar-refractivity contribution is 6.36. The van der Waals surface area contributed by atoms with Crippen molar-refractivity contribution < 1.29 is 0 Å². The van der Waals surface area contributed by atoms with Gasteiger partial charge in [0.1, 0.15) is 0 Å². The van der Waals surface area contributed by atoms with Crippen molar-refractivity contribution in [3.05, 3.63) is 40.4 Å². The molecular formula is C12H13Cl2N. The highest BCUT2D eigenvalue weighted by Crippen LogP contribution is 2.27. The van der Waals surface area contributed by atoms with Gasteiger partial charge in [0.2, 0.25) is 0 Å². The first kappa shape index (κ1) is 10.8. The largest absolute Gasteiger partial charge is 0.378 e. The molecule has 0 radical (unpaired) electrons. The van der Waals surface area contributed by atoms with Gasteiger partial charge < -0.3 is 5.32 Å². The third kappa shape index (κ3) is 2.90. The quantitative estimate of drug-likeness (QED) is 0.752. The summed E-state index contributed by atoms with van der Waals surface area (Å²) in [7, 11) is 0. The van der Waals surface area contributed by atoms with Gasteiger partial charge in [-0.25, -0.2) is 0 Å². The Morgan fingerprint density at radius 1 is 1.27 bits per heavy atom. The molecule has 0 bridgehead atoms. The lowest BCUT2D eigenvalue weighted by molar-refractivity contribution is 0.674. The molecule has 1 nitrogen and oxygen atoms in total. The van der Waals surface area contributed by atoms with Crippen molar-refractivity contribution in [1.29, 1.82) is 0 Å². The van der Waals surface area contributed by atoms with Crippen LogP contribution in [0.1, 0.15) is 19.3 Å². The Kier molecular flexibility index (Phi) is 3.55. The zero-order valence-corrected chi connectivity index (χ0v) is 9.85. The molecule has 1 aliphatic rings. The molecule has 1 N–H and O–H groups in total. The van der Waals surface area contributed by atoms with E-state index in [-0.39, 0.29) is 0 Å². The van der Waals surface area contributed by atoms with Crippen molar-refractivity contribution in [2.24, 2.45) is 0 Å². The normalized spacial score (nSPS) is 20.3. The molecule has 0 heterocycles.